The summed E-state index contributed by atoms with van der Waals surface area (Å²) in [7, 11) is 3.52. The average Bonchev–Trinajstić information content (AvgIpc) is 2.96. The molecule has 2 rings (SSSR count). The number of aryl methyl sites for hydroxylation is 1. The number of methoxy groups -OCH3 is 1. The van der Waals surface area contributed by atoms with Crippen LogP contribution in [0.4, 0.5) is 0 Å². The molecule has 0 aliphatic heterocycles. The van der Waals surface area contributed by atoms with Crippen LogP contribution in [0.3, 0.4) is 0 Å². The molecule has 2 aromatic rings. The maximum absolute atomic E-state index is 9.86. The Morgan fingerprint density at radius 2 is 2.25 bits per heavy atom. The summed E-state index contributed by atoms with van der Waals surface area (Å²) in [5, 5.41) is 16.3. The molecule has 1 aromatic carbocycles. The van der Waals surface area contributed by atoms with Crippen molar-refractivity contribution in [3.63, 3.8) is 0 Å². The number of nitrogens with zero attached hydrogens (tertiary/aromatic N) is 3. The number of thiazole rings is 1. The predicted molar refractivity (Wildman–Crippen MR) is 97.8 cm³/mol. The lowest BCUT2D eigenvalue weighted by Crippen LogP contribution is -2.38. The molecule has 130 valence electrons. The number of ether oxygens (including phenoxy) is 1. The normalized spacial score (nSPS) is 11.4. The fourth-order valence-electron chi connectivity index (χ4n) is 2.27. The van der Waals surface area contributed by atoms with Crippen molar-refractivity contribution < 1.29 is 9.84 Å². The van der Waals surface area contributed by atoms with Crippen molar-refractivity contribution in [3.8, 4) is 11.5 Å². The Labute approximate surface area is 146 Å². The Kier molecular flexibility index (Phi) is 6.43. The van der Waals surface area contributed by atoms with E-state index in [0.717, 1.165) is 28.8 Å². The summed E-state index contributed by atoms with van der Waals surface area (Å²) >= 11 is 1.65. The molecule has 0 bridgehead atoms. The van der Waals surface area contributed by atoms with Crippen LogP contribution in [0.2, 0.25) is 0 Å². The average molecular weight is 348 g/mol. The lowest BCUT2D eigenvalue weighted by atomic mass is 10.2. The first-order valence-corrected chi connectivity index (χ1v) is 8.67. The van der Waals surface area contributed by atoms with Crippen LogP contribution in [0, 0.1) is 6.92 Å². The van der Waals surface area contributed by atoms with Gasteiger partial charge in [-0.15, -0.1) is 11.3 Å². The SMILES string of the molecule is CCNC(=NCc1ccc(OC)c(O)c1)N(C)Cc1csc(C)n1. The van der Waals surface area contributed by atoms with Crippen LogP contribution in [0.1, 0.15) is 23.2 Å². The Morgan fingerprint density at radius 3 is 2.83 bits per heavy atom. The second-order valence-electron chi connectivity index (χ2n) is 5.39. The van der Waals surface area contributed by atoms with Gasteiger partial charge in [0, 0.05) is 19.0 Å². The minimum absolute atomic E-state index is 0.126. The summed E-state index contributed by atoms with van der Waals surface area (Å²) in [6, 6.07) is 5.32. The van der Waals surface area contributed by atoms with Gasteiger partial charge in [0.2, 0.25) is 0 Å². The second kappa shape index (κ2) is 8.54. The highest BCUT2D eigenvalue weighted by Gasteiger charge is 2.09. The van der Waals surface area contributed by atoms with Crippen LogP contribution < -0.4 is 10.1 Å². The Hall–Kier alpha value is -2.28. The second-order valence-corrected chi connectivity index (χ2v) is 6.45. The fourth-order valence-corrected chi connectivity index (χ4v) is 2.87. The Bertz CT molecular complexity index is 700. The minimum atomic E-state index is 0.126. The summed E-state index contributed by atoms with van der Waals surface area (Å²) in [4.78, 5) is 11.2. The monoisotopic (exact) mass is 348 g/mol. The van der Waals surface area contributed by atoms with Crippen molar-refractivity contribution in [2.75, 3.05) is 20.7 Å². The van der Waals surface area contributed by atoms with E-state index >= 15 is 0 Å². The van der Waals surface area contributed by atoms with Gasteiger partial charge in [-0.1, -0.05) is 6.07 Å². The van der Waals surface area contributed by atoms with Gasteiger partial charge in [-0.2, -0.15) is 0 Å². The zero-order chi connectivity index (χ0) is 17.5. The van der Waals surface area contributed by atoms with Gasteiger partial charge in [-0.3, -0.25) is 0 Å². The lowest BCUT2D eigenvalue weighted by molar-refractivity contribution is 0.373. The molecule has 0 fully saturated rings. The maximum Gasteiger partial charge on any atom is 0.194 e. The smallest absolute Gasteiger partial charge is 0.194 e. The maximum atomic E-state index is 9.86. The number of aromatic nitrogens is 1. The van der Waals surface area contributed by atoms with Crippen molar-refractivity contribution in [1.29, 1.82) is 0 Å². The first-order valence-electron chi connectivity index (χ1n) is 7.79. The third-order valence-electron chi connectivity index (χ3n) is 3.42. The topological polar surface area (TPSA) is 70.0 Å². The molecule has 0 saturated carbocycles. The van der Waals surface area contributed by atoms with E-state index in [1.165, 1.54) is 7.11 Å². The molecule has 0 saturated heterocycles. The molecule has 6 nitrogen and oxygen atoms in total. The van der Waals surface area contributed by atoms with Crippen LogP contribution in [0.25, 0.3) is 0 Å². The van der Waals surface area contributed by atoms with Gasteiger partial charge in [-0.25, -0.2) is 9.98 Å². The van der Waals surface area contributed by atoms with Crippen LogP contribution in [-0.2, 0) is 13.1 Å². The highest BCUT2D eigenvalue weighted by molar-refractivity contribution is 7.09. The van der Waals surface area contributed by atoms with E-state index in [-0.39, 0.29) is 5.75 Å². The van der Waals surface area contributed by atoms with Crippen LogP contribution in [0.5, 0.6) is 11.5 Å². The number of hydrogen-bond acceptors (Lipinski definition) is 5. The number of nitrogens with one attached hydrogen (secondary N) is 1. The van der Waals surface area contributed by atoms with Gasteiger partial charge in [0.1, 0.15) is 0 Å². The molecule has 1 heterocycles. The van der Waals surface area contributed by atoms with E-state index in [2.05, 4.69) is 20.7 Å². The molecule has 0 spiro atoms. The molecular weight excluding hydrogens is 324 g/mol. The van der Waals surface area contributed by atoms with Crippen molar-refractivity contribution in [1.82, 2.24) is 15.2 Å². The largest absolute Gasteiger partial charge is 0.504 e. The van der Waals surface area contributed by atoms with Gasteiger partial charge in [0.25, 0.3) is 0 Å². The first kappa shape index (κ1) is 18.1. The standard InChI is InChI=1S/C17H24N4O2S/c1-5-18-17(21(3)10-14-11-24-12(2)20-14)19-9-13-6-7-16(23-4)15(22)8-13/h6-8,11,22H,5,9-10H2,1-4H3,(H,18,19). The molecule has 1 aromatic heterocycles. The molecule has 0 aliphatic carbocycles. The highest BCUT2D eigenvalue weighted by Crippen LogP contribution is 2.26. The number of guanidine groups is 1. The number of hydrogen-bond donors (Lipinski definition) is 2. The molecular formula is C17H24N4O2S. The molecule has 0 radical (unpaired) electrons. The van der Waals surface area contributed by atoms with E-state index in [1.54, 1.807) is 23.5 Å². The predicted octanol–water partition coefficient (Wildman–Crippen LogP) is 2.76. The van der Waals surface area contributed by atoms with E-state index in [9.17, 15) is 5.11 Å². The van der Waals surface area contributed by atoms with Gasteiger partial charge in [0.05, 0.1) is 30.9 Å². The van der Waals surface area contributed by atoms with E-state index in [4.69, 9.17) is 4.74 Å². The van der Waals surface area contributed by atoms with E-state index < -0.39 is 0 Å². The Morgan fingerprint density at radius 1 is 1.46 bits per heavy atom. The molecule has 7 heteroatoms. The number of rotatable bonds is 6. The molecule has 0 unspecified atom stereocenters. The summed E-state index contributed by atoms with van der Waals surface area (Å²) in [6.45, 7) is 6.00. The number of phenols is 1. The number of benzene rings is 1. The van der Waals surface area contributed by atoms with Gasteiger partial charge in [0.15, 0.2) is 17.5 Å². The van der Waals surface area contributed by atoms with Crippen molar-refractivity contribution >= 4 is 17.3 Å². The van der Waals surface area contributed by atoms with Crippen molar-refractivity contribution in [2.24, 2.45) is 4.99 Å². The zero-order valence-corrected chi connectivity index (χ0v) is 15.4. The lowest BCUT2D eigenvalue weighted by Gasteiger charge is -2.21. The quantitative estimate of drug-likeness (QED) is 0.620. The number of phenolic OH excluding ortho intramolecular Hbond substituents is 1. The number of aromatic hydroxyl groups is 1. The number of aliphatic imine (C=N–C) groups is 1. The fraction of sp³-hybridized carbons (Fsp3) is 0.412. The third kappa shape index (κ3) is 4.86. The summed E-state index contributed by atoms with van der Waals surface area (Å²) < 4.78 is 5.06. The highest BCUT2D eigenvalue weighted by atomic mass is 32.1. The molecule has 0 atom stereocenters. The van der Waals surface area contributed by atoms with Gasteiger partial charge >= 0.3 is 0 Å². The third-order valence-corrected chi connectivity index (χ3v) is 4.24. The van der Waals surface area contributed by atoms with Crippen molar-refractivity contribution in [3.05, 3.63) is 39.8 Å². The van der Waals surface area contributed by atoms with Crippen LogP contribution in [-0.4, -0.2) is 41.7 Å². The molecule has 2 N–H and O–H groups in total. The summed E-state index contributed by atoms with van der Waals surface area (Å²) in [6.07, 6.45) is 0. The zero-order valence-electron chi connectivity index (χ0n) is 14.5. The van der Waals surface area contributed by atoms with Crippen molar-refractivity contribution in [2.45, 2.75) is 26.9 Å². The van der Waals surface area contributed by atoms with Gasteiger partial charge < -0.3 is 20.1 Å². The van der Waals surface area contributed by atoms with E-state index in [1.807, 2.05) is 31.9 Å². The van der Waals surface area contributed by atoms with Crippen LogP contribution >= 0.6 is 11.3 Å². The minimum Gasteiger partial charge on any atom is -0.504 e. The van der Waals surface area contributed by atoms with Crippen LogP contribution in [0.15, 0.2) is 28.6 Å². The summed E-state index contributed by atoms with van der Waals surface area (Å²) in [5.74, 6) is 1.39. The summed E-state index contributed by atoms with van der Waals surface area (Å²) in [5.41, 5.74) is 1.95. The van der Waals surface area contributed by atoms with Gasteiger partial charge in [-0.05, 0) is 31.5 Å². The molecule has 0 aliphatic rings. The van der Waals surface area contributed by atoms with E-state index in [0.29, 0.717) is 18.8 Å². The molecule has 0 amide bonds. The first-order chi connectivity index (χ1) is 11.5. The Balaban J connectivity index is 2.07. The molecule has 24 heavy (non-hydrogen) atoms.